The SMILES string of the molecule is Cc1cc(COc2ccc(CC(=O)N3CCCC(C(=O)NO)C3)cc2)c2ccccc2n1. The number of carbonyl (C=O) groups is 2. The van der Waals surface area contributed by atoms with Gasteiger partial charge in [0.05, 0.1) is 17.9 Å². The van der Waals surface area contributed by atoms with Crippen molar-refractivity contribution in [1.82, 2.24) is 15.4 Å². The number of hydroxylamine groups is 1. The summed E-state index contributed by atoms with van der Waals surface area (Å²) in [5.74, 6) is -0.0761. The molecule has 2 heterocycles. The van der Waals surface area contributed by atoms with Gasteiger partial charge in [-0.1, -0.05) is 30.3 Å². The Balaban J connectivity index is 1.36. The molecule has 166 valence electrons. The highest BCUT2D eigenvalue weighted by molar-refractivity contribution is 5.82. The third-order valence-corrected chi connectivity index (χ3v) is 5.86. The molecule has 2 N–H and O–H groups in total. The van der Waals surface area contributed by atoms with Crippen molar-refractivity contribution >= 4 is 22.7 Å². The van der Waals surface area contributed by atoms with Crippen LogP contribution in [-0.4, -0.2) is 40.0 Å². The second-order valence-electron chi connectivity index (χ2n) is 8.20. The first kappa shape index (κ1) is 21.8. The normalized spacial score (nSPS) is 16.1. The molecule has 0 spiro atoms. The smallest absolute Gasteiger partial charge is 0.248 e. The van der Waals surface area contributed by atoms with Crippen molar-refractivity contribution < 1.29 is 19.5 Å². The molecule has 32 heavy (non-hydrogen) atoms. The van der Waals surface area contributed by atoms with E-state index in [9.17, 15) is 9.59 Å². The van der Waals surface area contributed by atoms with Crippen molar-refractivity contribution in [2.45, 2.75) is 32.8 Å². The van der Waals surface area contributed by atoms with Crippen LogP contribution in [0.4, 0.5) is 0 Å². The van der Waals surface area contributed by atoms with E-state index in [1.54, 1.807) is 10.4 Å². The summed E-state index contributed by atoms with van der Waals surface area (Å²) in [7, 11) is 0. The summed E-state index contributed by atoms with van der Waals surface area (Å²) in [6.07, 6.45) is 1.69. The number of hydrogen-bond acceptors (Lipinski definition) is 5. The maximum atomic E-state index is 12.7. The van der Waals surface area contributed by atoms with E-state index in [-0.39, 0.29) is 18.2 Å². The average Bonchev–Trinajstić information content (AvgIpc) is 2.82. The molecule has 7 nitrogen and oxygen atoms in total. The number of benzene rings is 2. The van der Waals surface area contributed by atoms with Crippen LogP contribution in [0.2, 0.25) is 0 Å². The van der Waals surface area contributed by atoms with Crippen LogP contribution in [0.3, 0.4) is 0 Å². The summed E-state index contributed by atoms with van der Waals surface area (Å²) in [6.45, 7) is 3.38. The first-order valence-electron chi connectivity index (χ1n) is 10.8. The van der Waals surface area contributed by atoms with Crippen molar-refractivity contribution in [2.24, 2.45) is 5.92 Å². The Morgan fingerprint density at radius 3 is 2.75 bits per heavy atom. The third kappa shape index (κ3) is 5.06. The number of aryl methyl sites for hydroxylation is 1. The zero-order valence-electron chi connectivity index (χ0n) is 18.1. The van der Waals surface area contributed by atoms with Crippen LogP contribution in [0, 0.1) is 12.8 Å². The molecule has 0 radical (unpaired) electrons. The van der Waals surface area contributed by atoms with E-state index in [0.29, 0.717) is 26.1 Å². The molecule has 1 fully saturated rings. The predicted molar refractivity (Wildman–Crippen MR) is 120 cm³/mol. The molecule has 1 saturated heterocycles. The molecule has 2 amide bonds. The van der Waals surface area contributed by atoms with Gasteiger partial charge in [-0.05, 0) is 49.6 Å². The minimum atomic E-state index is -0.429. The maximum Gasteiger partial charge on any atom is 0.248 e. The number of pyridine rings is 1. The molecular weight excluding hydrogens is 406 g/mol. The van der Waals surface area contributed by atoms with E-state index in [4.69, 9.17) is 9.94 Å². The minimum absolute atomic E-state index is 0.0205. The first-order chi connectivity index (χ1) is 15.5. The fraction of sp³-hybridized carbons (Fsp3) is 0.320. The van der Waals surface area contributed by atoms with Gasteiger partial charge in [0.1, 0.15) is 12.4 Å². The van der Waals surface area contributed by atoms with Gasteiger partial charge in [-0.25, -0.2) is 5.48 Å². The summed E-state index contributed by atoms with van der Waals surface area (Å²) in [6, 6.07) is 17.6. The van der Waals surface area contributed by atoms with Crippen LogP contribution in [0.1, 0.15) is 29.7 Å². The van der Waals surface area contributed by atoms with Gasteiger partial charge < -0.3 is 9.64 Å². The van der Waals surface area contributed by atoms with E-state index in [0.717, 1.165) is 39.9 Å². The van der Waals surface area contributed by atoms with Crippen LogP contribution in [0.5, 0.6) is 5.75 Å². The second kappa shape index (κ2) is 9.78. The van der Waals surface area contributed by atoms with Gasteiger partial charge in [-0.3, -0.25) is 19.8 Å². The molecule has 1 atom stereocenters. The number of nitrogens with zero attached hydrogens (tertiary/aromatic N) is 2. The van der Waals surface area contributed by atoms with Gasteiger partial charge in [0, 0.05) is 29.7 Å². The average molecular weight is 434 g/mol. The number of nitrogens with one attached hydrogen (secondary N) is 1. The summed E-state index contributed by atoms with van der Waals surface area (Å²) in [4.78, 5) is 30.6. The molecular formula is C25H27N3O4. The fourth-order valence-corrected chi connectivity index (χ4v) is 4.17. The molecule has 3 aromatic rings. The van der Waals surface area contributed by atoms with Gasteiger partial charge in [-0.15, -0.1) is 0 Å². The molecule has 2 aromatic carbocycles. The fourth-order valence-electron chi connectivity index (χ4n) is 4.17. The topological polar surface area (TPSA) is 91.8 Å². The number of ether oxygens (including phenoxy) is 1. The van der Waals surface area contributed by atoms with Crippen molar-refractivity contribution in [1.29, 1.82) is 0 Å². The van der Waals surface area contributed by atoms with Gasteiger partial charge in [0.25, 0.3) is 0 Å². The lowest BCUT2D eigenvalue weighted by Crippen LogP contribution is -2.45. The molecule has 7 heteroatoms. The van der Waals surface area contributed by atoms with E-state index in [1.807, 2.05) is 61.5 Å². The number of fused-ring (bicyclic) bond motifs is 1. The lowest BCUT2D eigenvalue weighted by molar-refractivity contribution is -0.139. The van der Waals surface area contributed by atoms with E-state index >= 15 is 0 Å². The maximum absolute atomic E-state index is 12.7. The van der Waals surface area contributed by atoms with Crippen LogP contribution in [-0.2, 0) is 22.6 Å². The van der Waals surface area contributed by atoms with Gasteiger partial charge >= 0.3 is 0 Å². The summed E-state index contributed by atoms with van der Waals surface area (Å²) in [5, 5.41) is 9.92. The van der Waals surface area contributed by atoms with Crippen molar-refractivity contribution in [3.8, 4) is 5.75 Å². The summed E-state index contributed by atoms with van der Waals surface area (Å²) in [5.41, 5.74) is 5.57. The standard InChI is InChI=1S/C25H27N3O4/c1-17-13-20(22-6-2-3-7-23(22)26-17)16-32-21-10-8-18(9-11-21)14-24(29)28-12-4-5-19(15-28)25(30)27-31/h2-3,6-11,13,19,31H,4-5,12,14-16H2,1H3,(H,27,30). The molecule has 1 aromatic heterocycles. The number of hydrogen-bond donors (Lipinski definition) is 2. The molecule has 0 saturated carbocycles. The zero-order valence-corrected chi connectivity index (χ0v) is 18.1. The van der Waals surface area contributed by atoms with Crippen molar-refractivity contribution in [2.75, 3.05) is 13.1 Å². The molecule has 0 aliphatic carbocycles. The second-order valence-corrected chi connectivity index (χ2v) is 8.20. The monoisotopic (exact) mass is 433 g/mol. The quantitative estimate of drug-likeness (QED) is 0.459. The number of likely N-dealkylation sites (tertiary alicyclic amines) is 1. The van der Waals surface area contributed by atoms with E-state index < -0.39 is 5.91 Å². The van der Waals surface area contributed by atoms with E-state index in [2.05, 4.69) is 4.98 Å². The Hall–Kier alpha value is -3.45. The summed E-state index contributed by atoms with van der Waals surface area (Å²) >= 11 is 0. The Labute approximate surface area is 187 Å². The number of carbonyl (C=O) groups excluding carboxylic acids is 2. The molecule has 1 aliphatic rings. The van der Waals surface area contributed by atoms with Crippen LogP contribution >= 0.6 is 0 Å². The van der Waals surface area contributed by atoms with Crippen LogP contribution < -0.4 is 10.2 Å². The molecule has 1 unspecified atom stereocenters. The first-order valence-corrected chi connectivity index (χ1v) is 10.8. The predicted octanol–water partition coefficient (Wildman–Crippen LogP) is 3.41. The minimum Gasteiger partial charge on any atom is -0.489 e. The largest absolute Gasteiger partial charge is 0.489 e. The Kier molecular flexibility index (Phi) is 6.66. The Morgan fingerprint density at radius 2 is 1.97 bits per heavy atom. The van der Waals surface area contributed by atoms with Crippen LogP contribution in [0.25, 0.3) is 10.9 Å². The van der Waals surface area contributed by atoms with Gasteiger partial charge in [-0.2, -0.15) is 0 Å². The lowest BCUT2D eigenvalue weighted by Gasteiger charge is -2.31. The highest BCUT2D eigenvalue weighted by Crippen LogP contribution is 2.22. The number of piperidine rings is 1. The van der Waals surface area contributed by atoms with Crippen LogP contribution in [0.15, 0.2) is 54.6 Å². The molecule has 0 bridgehead atoms. The number of rotatable bonds is 6. The van der Waals surface area contributed by atoms with Crippen molar-refractivity contribution in [3.05, 3.63) is 71.4 Å². The van der Waals surface area contributed by atoms with E-state index in [1.165, 1.54) is 0 Å². The Morgan fingerprint density at radius 1 is 1.19 bits per heavy atom. The van der Waals surface area contributed by atoms with Gasteiger partial charge in [0.2, 0.25) is 11.8 Å². The zero-order chi connectivity index (χ0) is 22.5. The van der Waals surface area contributed by atoms with Crippen molar-refractivity contribution in [3.63, 3.8) is 0 Å². The highest BCUT2D eigenvalue weighted by atomic mass is 16.5. The molecule has 1 aliphatic heterocycles. The Bertz CT molecular complexity index is 1110. The molecule has 4 rings (SSSR count). The third-order valence-electron chi connectivity index (χ3n) is 5.86. The highest BCUT2D eigenvalue weighted by Gasteiger charge is 2.28. The number of para-hydroxylation sites is 1. The lowest BCUT2D eigenvalue weighted by atomic mass is 9.97. The van der Waals surface area contributed by atoms with Gasteiger partial charge in [0.15, 0.2) is 0 Å². The number of aromatic nitrogens is 1. The number of amides is 2. The summed E-state index contributed by atoms with van der Waals surface area (Å²) < 4.78 is 5.99.